The van der Waals surface area contributed by atoms with Crippen LogP contribution in [0.1, 0.15) is 64.1 Å². The summed E-state index contributed by atoms with van der Waals surface area (Å²) in [5.74, 6) is 0.761. The summed E-state index contributed by atoms with van der Waals surface area (Å²) < 4.78 is 5.45. The van der Waals surface area contributed by atoms with Crippen LogP contribution < -0.4 is 10.6 Å². The molecule has 3 rings (SSSR count). The summed E-state index contributed by atoms with van der Waals surface area (Å²) in [6, 6.07) is 0.459. The quantitative estimate of drug-likeness (QED) is 0.684. The van der Waals surface area contributed by atoms with Gasteiger partial charge in [-0.25, -0.2) is 4.79 Å². The Hall–Kier alpha value is -1.83. The van der Waals surface area contributed by atoms with Crippen molar-refractivity contribution in [3.63, 3.8) is 0 Å². The van der Waals surface area contributed by atoms with Gasteiger partial charge < -0.3 is 20.3 Å². The van der Waals surface area contributed by atoms with Crippen LogP contribution in [-0.2, 0) is 17.7 Å². The van der Waals surface area contributed by atoms with Gasteiger partial charge in [0.2, 0.25) is 0 Å². The minimum absolute atomic E-state index is 0.290. The Labute approximate surface area is 160 Å². The van der Waals surface area contributed by atoms with Crippen molar-refractivity contribution < 1.29 is 9.53 Å². The second kappa shape index (κ2) is 7.82. The Morgan fingerprint density at radius 1 is 1.31 bits per heavy atom. The van der Waals surface area contributed by atoms with Crippen molar-refractivity contribution in [3.8, 4) is 0 Å². The minimum Gasteiger partial charge on any atom is -0.444 e. The maximum atomic E-state index is 12.3. The molecule has 0 saturated heterocycles. The summed E-state index contributed by atoms with van der Waals surface area (Å²) in [6.07, 6.45) is 6.62. The highest BCUT2D eigenvalue weighted by molar-refractivity contribution is 7.80. The number of rotatable bonds is 2. The Balaban J connectivity index is 1.57. The van der Waals surface area contributed by atoms with Gasteiger partial charge in [-0.05, 0) is 52.3 Å². The number of amides is 1. The standard InChI is InChI=1S/C18H29N5O2S/c1-18(2,3)25-17(24)23-10-9-13-14(11-23)21-22-15(13)20-16(26)19-12-7-5-4-6-8-12/h12H,4-11H2,1-3H3,(H3,19,20,21,22,26). The maximum Gasteiger partial charge on any atom is 0.410 e. The molecule has 1 aliphatic carbocycles. The lowest BCUT2D eigenvalue weighted by Crippen LogP contribution is -2.40. The van der Waals surface area contributed by atoms with Gasteiger partial charge in [0, 0.05) is 18.2 Å². The van der Waals surface area contributed by atoms with Gasteiger partial charge in [0.25, 0.3) is 0 Å². The van der Waals surface area contributed by atoms with E-state index in [1.54, 1.807) is 4.90 Å². The van der Waals surface area contributed by atoms with E-state index in [-0.39, 0.29) is 6.09 Å². The van der Waals surface area contributed by atoms with E-state index < -0.39 is 5.60 Å². The normalized spacial score (nSPS) is 18.2. The van der Waals surface area contributed by atoms with Crippen LogP contribution >= 0.6 is 12.2 Å². The third kappa shape index (κ3) is 4.87. The fourth-order valence-corrected chi connectivity index (χ4v) is 3.74. The van der Waals surface area contributed by atoms with Crippen molar-refractivity contribution in [3.05, 3.63) is 11.3 Å². The van der Waals surface area contributed by atoms with Gasteiger partial charge in [0.15, 0.2) is 10.9 Å². The highest BCUT2D eigenvalue weighted by atomic mass is 32.1. The third-order valence-corrected chi connectivity index (χ3v) is 4.98. The van der Waals surface area contributed by atoms with Gasteiger partial charge in [-0.1, -0.05) is 19.3 Å². The number of thiocarbonyl (C=S) groups is 1. The predicted octanol–water partition coefficient (Wildman–Crippen LogP) is 3.32. The van der Waals surface area contributed by atoms with E-state index in [0.717, 1.165) is 23.5 Å². The van der Waals surface area contributed by atoms with E-state index in [1.165, 1.54) is 32.1 Å². The molecule has 1 aromatic heterocycles. The second-order valence-electron chi connectivity index (χ2n) is 8.11. The van der Waals surface area contributed by atoms with Gasteiger partial charge in [0.1, 0.15) is 5.60 Å². The van der Waals surface area contributed by atoms with Crippen molar-refractivity contribution >= 4 is 29.2 Å². The molecule has 26 heavy (non-hydrogen) atoms. The lowest BCUT2D eigenvalue weighted by Gasteiger charge is -2.30. The van der Waals surface area contributed by atoms with E-state index in [1.807, 2.05) is 20.8 Å². The molecule has 1 amide bonds. The average molecular weight is 380 g/mol. The summed E-state index contributed by atoms with van der Waals surface area (Å²) >= 11 is 5.45. The number of carbonyl (C=O) groups is 1. The van der Waals surface area contributed by atoms with Crippen molar-refractivity contribution in [1.82, 2.24) is 20.4 Å². The first-order chi connectivity index (χ1) is 12.3. The van der Waals surface area contributed by atoms with Crippen LogP contribution in [0.5, 0.6) is 0 Å². The molecule has 1 fully saturated rings. The van der Waals surface area contributed by atoms with E-state index in [4.69, 9.17) is 17.0 Å². The van der Waals surface area contributed by atoms with Crippen LogP contribution in [0, 0.1) is 0 Å². The van der Waals surface area contributed by atoms with Gasteiger partial charge in [-0.3, -0.25) is 5.10 Å². The van der Waals surface area contributed by atoms with Gasteiger partial charge >= 0.3 is 6.09 Å². The molecule has 2 heterocycles. The first-order valence-electron chi connectivity index (χ1n) is 9.43. The highest BCUT2D eigenvalue weighted by Crippen LogP contribution is 2.25. The molecule has 0 unspecified atom stereocenters. The first-order valence-corrected chi connectivity index (χ1v) is 9.84. The molecule has 7 nitrogen and oxygen atoms in total. The molecule has 0 atom stereocenters. The van der Waals surface area contributed by atoms with Gasteiger partial charge in [-0.15, -0.1) is 0 Å². The number of nitrogens with zero attached hydrogens (tertiary/aromatic N) is 2. The number of ether oxygens (including phenoxy) is 1. The molecule has 144 valence electrons. The number of hydrogen-bond acceptors (Lipinski definition) is 4. The molecule has 8 heteroatoms. The Morgan fingerprint density at radius 3 is 2.73 bits per heavy atom. The second-order valence-corrected chi connectivity index (χ2v) is 8.52. The van der Waals surface area contributed by atoms with Crippen molar-refractivity contribution in [2.45, 2.75) is 77.5 Å². The average Bonchev–Trinajstić information content (AvgIpc) is 2.96. The smallest absolute Gasteiger partial charge is 0.410 e. The number of aromatic nitrogens is 2. The third-order valence-electron chi connectivity index (χ3n) is 4.76. The van der Waals surface area contributed by atoms with Crippen molar-refractivity contribution in [1.29, 1.82) is 0 Å². The zero-order valence-corrected chi connectivity index (χ0v) is 16.7. The topological polar surface area (TPSA) is 82.3 Å². The summed E-state index contributed by atoms with van der Waals surface area (Å²) in [5, 5.41) is 14.6. The summed E-state index contributed by atoms with van der Waals surface area (Å²) in [7, 11) is 0. The molecule has 0 radical (unpaired) electrons. The first kappa shape index (κ1) is 18.9. The molecule has 0 bridgehead atoms. The number of fused-ring (bicyclic) bond motifs is 1. The molecule has 1 saturated carbocycles. The molecule has 1 aromatic rings. The highest BCUT2D eigenvalue weighted by Gasteiger charge is 2.28. The van der Waals surface area contributed by atoms with Crippen molar-refractivity contribution in [2.75, 3.05) is 11.9 Å². The largest absolute Gasteiger partial charge is 0.444 e. The molecular weight excluding hydrogens is 350 g/mol. The monoisotopic (exact) mass is 379 g/mol. The maximum absolute atomic E-state index is 12.3. The lowest BCUT2D eigenvalue weighted by molar-refractivity contribution is 0.0221. The fourth-order valence-electron chi connectivity index (χ4n) is 3.48. The molecule has 0 aromatic carbocycles. The summed E-state index contributed by atoms with van der Waals surface area (Å²) in [4.78, 5) is 14.0. The van der Waals surface area contributed by atoms with Crippen LogP contribution in [0.25, 0.3) is 0 Å². The van der Waals surface area contributed by atoms with Crippen LogP contribution in [0.4, 0.5) is 10.6 Å². The van der Waals surface area contributed by atoms with E-state index >= 15 is 0 Å². The Morgan fingerprint density at radius 2 is 2.04 bits per heavy atom. The van der Waals surface area contributed by atoms with Crippen LogP contribution in [0.15, 0.2) is 0 Å². The molecule has 3 N–H and O–H groups in total. The van der Waals surface area contributed by atoms with E-state index in [2.05, 4.69) is 20.8 Å². The zero-order chi connectivity index (χ0) is 18.7. The van der Waals surface area contributed by atoms with Crippen molar-refractivity contribution in [2.24, 2.45) is 0 Å². The molecule has 2 aliphatic rings. The number of nitrogens with one attached hydrogen (secondary N) is 3. The number of H-pyrrole nitrogens is 1. The molecule has 0 spiro atoms. The van der Waals surface area contributed by atoms with Crippen LogP contribution in [0.3, 0.4) is 0 Å². The van der Waals surface area contributed by atoms with Crippen LogP contribution in [-0.4, -0.2) is 44.5 Å². The number of aromatic amines is 1. The van der Waals surface area contributed by atoms with Gasteiger partial charge in [-0.2, -0.15) is 5.10 Å². The number of anilines is 1. The molecular formula is C18H29N5O2S. The Bertz CT molecular complexity index is 661. The summed E-state index contributed by atoms with van der Waals surface area (Å²) in [5.41, 5.74) is 1.54. The van der Waals surface area contributed by atoms with Crippen LogP contribution in [0.2, 0.25) is 0 Å². The number of hydrogen-bond donors (Lipinski definition) is 3. The predicted molar refractivity (Wildman–Crippen MR) is 105 cm³/mol. The SMILES string of the molecule is CC(C)(C)OC(=O)N1CCc2c(NC(=S)NC3CCCCC3)n[nH]c2C1. The minimum atomic E-state index is -0.491. The Kier molecular flexibility index (Phi) is 5.70. The van der Waals surface area contributed by atoms with E-state index in [0.29, 0.717) is 24.2 Å². The van der Waals surface area contributed by atoms with E-state index in [9.17, 15) is 4.79 Å². The van der Waals surface area contributed by atoms with Gasteiger partial charge in [0.05, 0.1) is 12.2 Å². The zero-order valence-electron chi connectivity index (χ0n) is 15.9. The fraction of sp³-hybridized carbons (Fsp3) is 0.722. The number of carbonyl (C=O) groups excluding carboxylic acids is 1. The summed E-state index contributed by atoms with van der Waals surface area (Å²) in [6.45, 7) is 6.71. The lowest BCUT2D eigenvalue weighted by atomic mass is 9.96. The molecule has 1 aliphatic heterocycles.